The van der Waals surface area contributed by atoms with Crippen molar-refractivity contribution in [3.05, 3.63) is 54.5 Å². The van der Waals surface area contributed by atoms with Gasteiger partial charge in [-0.2, -0.15) is 5.26 Å². The maximum absolute atomic E-state index is 12.5. The third kappa shape index (κ3) is 7.64. The Labute approximate surface area is 217 Å². The Balaban J connectivity index is 0.000000297. The van der Waals surface area contributed by atoms with Gasteiger partial charge in [-0.15, -0.1) is 12.6 Å². The van der Waals surface area contributed by atoms with E-state index in [2.05, 4.69) is 28.4 Å². The summed E-state index contributed by atoms with van der Waals surface area (Å²) in [5.74, 6) is 0.382. The van der Waals surface area contributed by atoms with Crippen molar-refractivity contribution in [2.75, 3.05) is 20.2 Å². The predicted octanol–water partition coefficient (Wildman–Crippen LogP) is 4.12. The van der Waals surface area contributed by atoms with Crippen molar-refractivity contribution in [3.8, 4) is 6.07 Å². The third-order valence-corrected chi connectivity index (χ3v) is 7.05. The van der Waals surface area contributed by atoms with Crippen LogP contribution in [-0.4, -0.2) is 52.6 Å². The molecule has 0 spiro atoms. The fourth-order valence-corrected chi connectivity index (χ4v) is 4.78. The first-order chi connectivity index (χ1) is 17.4. The van der Waals surface area contributed by atoms with Crippen LogP contribution in [0, 0.1) is 17.2 Å². The number of thiol groups is 1. The number of fused-ring (bicyclic) bond motifs is 1. The van der Waals surface area contributed by atoms with Gasteiger partial charge >= 0.3 is 5.97 Å². The van der Waals surface area contributed by atoms with Gasteiger partial charge in [-0.3, -0.25) is 9.59 Å². The summed E-state index contributed by atoms with van der Waals surface area (Å²) < 4.78 is 6.47. The summed E-state index contributed by atoms with van der Waals surface area (Å²) in [5, 5.41) is 10.2. The molecular weight excluding hydrogens is 474 g/mol. The Morgan fingerprint density at radius 3 is 2.72 bits per heavy atom. The van der Waals surface area contributed by atoms with Gasteiger partial charge in [0.05, 0.1) is 13.2 Å². The smallest absolute Gasteiger partial charge is 0.305 e. The fourth-order valence-electron chi connectivity index (χ4n) is 4.49. The SMILES string of the molecule is COC(=O)CCCC1CCN(C(=O)C(N)CCn2cccc2C#N)CC1.Sc1cccc2[nH]ccc12. The monoisotopic (exact) mass is 509 g/mol. The number of esters is 1. The van der Waals surface area contributed by atoms with Crippen LogP contribution in [-0.2, 0) is 20.9 Å². The first-order valence-corrected chi connectivity index (χ1v) is 12.8. The molecule has 1 unspecified atom stereocenters. The zero-order valence-corrected chi connectivity index (χ0v) is 21.6. The van der Waals surface area contributed by atoms with Crippen LogP contribution in [0.25, 0.3) is 10.9 Å². The number of nitriles is 1. The zero-order valence-electron chi connectivity index (χ0n) is 20.7. The van der Waals surface area contributed by atoms with E-state index in [4.69, 9.17) is 11.0 Å². The Morgan fingerprint density at radius 2 is 2.03 bits per heavy atom. The van der Waals surface area contributed by atoms with Crippen molar-refractivity contribution < 1.29 is 14.3 Å². The number of amides is 1. The average Bonchev–Trinajstić information content (AvgIpc) is 3.57. The van der Waals surface area contributed by atoms with Gasteiger partial charge in [0.2, 0.25) is 5.91 Å². The molecule has 4 rings (SSSR count). The molecule has 8 nitrogen and oxygen atoms in total. The van der Waals surface area contributed by atoms with E-state index in [9.17, 15) is 9.59 Å². The van der Waals surface area contributed by atoms with Gasteiger partial charge in [0.15, 0.2) is 0 Å². The lowest BCUT2D eigenvalue weighted by molar-refractivity contribution is -0.140. The van der Waals surface area contributed by atoms with Gasteiger partial charge in [-0.05, 0) is 68.4 Å². The molecule has 36 heavy (non-hydrogen) atoms. The zero-order chi connectivity index (χ0) is 25.9. The molecule has 1 fully saturated rings. The van der Waals surface area contributed by atoms with Crippen LogP contribution in [0.15, 0.2) is 53.7 Å². The first kappa shape index (κ1) is 27.4. The number of benzene rings is 1. The van der Waals surface area contributed by atoms with E-state index < -0.39 is 6.04 Å². The molecule has 9 heteroatoms. The number of carbonyl (C=O) groups excluding carboxylic acids is 2. The Morgan fingerprint density at radius 1 is 1.25 bits per heavy atom. The molecule has 1 atom stereocenters. The maximum Gasteiger partial charge on any atom is 0.305 e. The summed E-state index contributed by atoms with van der Waals surface area (Å²) in [7, 11) is 1.41. The number of nitrogens with two attached hydrogens (primary N) is 1. The first-order valence-electron chi connectivity index (χ1n) is 12.3. The van der Waals surface area contributed by atoms with E-state index in [0.717, 1.165) is 49.2 Å². The lowest BCUT2D eigenvalue weighted by Crippen LogP contribution is -2.47. The number of piperidine rings is 1. The molecule has 0 bridgehead atoms. The van der Waals surface area contributed by atoms with Gasteiger partial charge in [-0.1, -0.05) is 6.07 Å². The molecule has 1 aliphatic heterocycles. The fraction of sp³-hybridized carbons (Fsp3) is 0.444. The minimum absolute atomic E-state index is 0.0105. The normalized spacial score (nSPS) is 14.6. The van der Waals surface area contributed by atoms with Gasteiger partial charge in [0.25, 0.3) is 0 Å². The molecule has 0 aliphatic carbocycles. The number of ether oxygens (including phenoxy) is 1. The van der Waals surface area contributed by atoms with E-state index in [1.54, 1.807) is 6.07 Å². The summed E-state index contributed by atoms with van der Waals surface area (Å²) in [6, 6.07) is 13.2. The number of aromatic nitrogens is 2. The third-order valence-electron chi connectivity index (χ3n) is 6.66. The second-order valence-electron chi connectivity index (χ2n) is 9.05. The summed E-state index contributed by atoms with van der Waals surface area (Å²) in [6.07, 6.45) is 8.47. The maximum atomic E-state index is 12.5. The number of aryl methyl sites for hydroxylation is 1. The summed E-state index contributed by atoms with van der Waals surface area (Å²) in [5.41, 5.74) is 7.81. The lowest BCUT2D eigenvalue weighted by atomic mass is 9.91. The van der Waals surface area contributed by atoms with Gasteiger partial charge in [0.1, 0.15) is 11.8 Å². The number of H-pyrrole nitrogens is 1. The molecule has 1 aliphatic rings. The van der Waals surface area contributed by atoms with Gasteiger partial charge in [-0.25, -0.2) is 0 Å². The van der Waals surface area contributed by atoms with E-state index in [1.165, 1.54) is 12.5 Å². The molecule has 192 valence electrons. The number of methoxy groups -OCH3 is 1. The van der Waals surface area contributed by atoms with Crippen molar-refractivity contribution in [2.24, 2.45) is 11.7 Å². The number of nitrogens with one attached hydrogen (secondary N) is 1. The van der Waals surface area contributed by atoms with Crippen molar-refractivity contribution in [1.82, 2.24) is 14.5 Å². The van der Waals surface area contributed by atoms with Crippen LogP contribution in [0.4, 0.5) is 0 Å². The highest BCUT2D eigenvalue weighted by Gasteiger charge is 2.26. The molecule has 1 amide bonds. The Kier molecular flexibility index (Phi) is 10.5. The van der Waals surface area contributed by atoms with Gasteiger partial charge in [0, 0.05) is 54.2 Å². The summed E-state index contributed by atoms with van der Waals surface area (Å²) in [4.78, 5) is 29.7. The number of nitrogens with zero attached hydrogens (tertiary/aromatic N) is 3. The highest BCUT2D eigenvalue weighted by Crippen LogP contribution is 2.23. The van der Waals surface area contributed by atoms with Crippen LogP contribution in [0.5, 0.6) is 0 Å². The molecule has 0 radical (unpaired) electrons. The van der Waals surface area contributed by atoms with Crippen molar-refractivity contribution in [3.63, 3.8) is 0 Å². The summed E-state index contributed by atoms with van der Waals surface area (Å²) >= 11 is 4.30. The van der Waals surface area contributed by atoms with Crippen molar-refractivity contribution >= 4 is 35.4 Å². The van der Waals surface area contributed by atoms with Crippen LogP contribution in [0.2, 0.25) is 0 Å². The number of rotatable bonds is 8. The van der Waals surface area contributed by atoms with Gasteiger partial charge < -0.3 is 24.9 Å². The Bertz CT molecular complexity index is 1170. The molecule has 0 saturated carbocycles. The Hall–Kier alpha value is -3.22. The van der Waals surface area contributed by atoms with E-state index in [-0.39, 0.29) is 11.9 Å². The largest absolute Gasteiger partial charge is 0.469 e. The van der Waals surface area contributed by atoms with Crippen molar-refractivity contribution in [1.29, 1.82) is 5.26 Å². The molecule has 2 aromatic heterocycles. The summed E-state index contributed by atoms with van der Waals surface area (Å²) in [6.45, 7) is 2.01. The minimum atomic E-state index is -0.542. The molecule has 1 aromatic carbocycles. The number of hydrogen-bond acceptors (Lipinski definition) is 6. The van der Waals surface area contributed by atoms with Crippen LogP contribution in [0.3, 0.4) is 0 Å². The van der Waals surface area contributed by atoms with Crippen molar-refractivity contribution in [2.45, 2.75) is 56.0 Å². The second-order valence-corrected chi connectivity index (χ2v) is 9.53. The van der Waals surface area contributed by atoms with E-state index in [1.807, 2.05) is 52.2 Å². The number of carbonyl (C=O) groups is 2. The van der Waals surface area contributed by atoms with Crippen LogP contribution >= 0.6 is 12.6 Å². The second kappa shape index (κ2) is 13.8. The quantitative estimate of drug-likeness (QED) is 0.312. The number of hydrogen-bond donors (Lipinski definition) is 3. The molecule has 3 heterocycles. The van der Waals surface area contributed by atoms with E-state index >= 15 is 0 Å². The number of aromatic amines is 1. The molecule has 3 N–H and O–H groups in total. The molecular formula is C27H35N5O3S. The van der Waals surface area contributed by atoms with Crippen LogP contribution in [0.1, 0.15) is 44.2 Å². The highest BCUT2D eigenvalue weighted by molar-refractivity contribution is 7.80. The topological polar surface area (TPSA) is 117 Å². The molecule has 3 aromatic rings. The highest BCUT2D eigenvalue weighted by atomic mass is 32.1. The standard InChI is InChI=1S/C19H28N4O3.C8H7NS/c1-26-18(24)6-2-4-15-7-11-23(12-8-15)19(25)17(21)9-13-22-10-3-5-16(22)14-20;10-8-3-1-2-7-6(8)4-5-9-7/h3,5,10,15,17H,2,4,6-9,11-13,21H2,1H3;1-5,9-10H. The van der Waals surface area contributed by atoms with Crippen LogP contribution < -0.4 is 5.73 Å². The lowest BCUT2D eigenvalue weighted by Gasteiger charge is -2.33. The predicted molar refractivity (Wildman–Crippen MR) is 142 cm³/mol. The molecule has 1 saturated heterocycles. The number of likely N-dealkylation sites (tertiary alicyclic amines) is 1. The minimum Gasteiger partial charge on any atom is -0.469 e. The average molecular weight is 510 g/mol. The van der Waals surface area contributed by atoms with E-state index in [0.29, 0.717) is 31.0 Å².